The maximum atomic E-state index is 14.2. The smallest absolute Gasteiger partial charge is 0.355 e. The van der Waals surface area contributed by atoms with E-state index in [2.05, 4.69) is 25.3 Å². The van der Waals surface area contributed by atoms with Crippen LogP contribution in [-0.4, -0.2) is 51.5 Å². The molecule has 0 saturated heterocycles. The molecule has 0 amide bonds. The Labute approximate surface area is 187 Å². The minimum Gasteiger partial charge on any atom is -0.355 e. The number of rotatable bonds is 6. The van der Waals surface area contributed by atoms with E-state index in [-0.39, 0.29) is 11.7 Å². The first-order valence-corrected chi connectivity index (χ1v) is 9.89. The highest BCUT2D eigenvalue weighted by Gasteiger charge is 2.29. The predicted octanol–water partition coefficient (Wildman–Crippen LogP) is 4.61. The van der Waals surface area contributed by atoms with Crippen molar-refractivity contribution in [3.8, 4) is 11.4 Å². The van der Waals surface area contributed by atoms with Gasteiger partial charge in [0.1, 0.15) is 11.9 Å². The third-order valence-electron chi connectivity index (χ3n) is 4.69. The zero-order valence-electron chi connectivity index (χ0n) is 17.8. The van der Waals surface area contributed by atoms with E-state index in [0.717, 1.165) is 17.9 Å². The maximum Gasteiger partial charge on any atom is 0.401 e. The van der Waals surface area contributed by atoms with Crippen molar-refractivity contribution in [2.45, 2.75) is 32.5 Å². The number of aromatic amines is 1. The third-order valence-corrected chi connectivity index (χ3v) is 4.90. The van der Waals surface area contributed by atoms with Gasteiger partial charge < -0.3 is 20.4 Å². The maximum absolute atomic E-state index is 14.2. The van der Waals surface area contributed by atoms with E-state index in [4.69, 9.17) is 11.6 Å². The van der Waals surface area contributed by atoms with E-state index in [1.165, 1.54) is 13.2 Å². The summed E-state index contributed by atoms with van der Waals surface area (Å²) in [6, 6.07) is 1.74. The molecule has 1 atom stereocenters. The topological polar surface area (TPSA) is 95.6 Å². The van der Waals surface area contributed by atoms with Gasteiger partial charge >= 0.3 is 6.18 Å². The monoisotopic (exact) mass is 474 g/mol. The summed E-state index contributed by atoms with van der Waals surface area (Å²) < 4.78 is 47.2. The highest BCUT2D eigenvalue weighted by atomic mass is 35.5. The minimum absolute atomic E-state index is 0.0300. The first-order chi connectivity index (χ1) is 14.9. The lowest BCUT2D eigenvalue weighted by atomic mass is 9.90. The molecule has 32 heavy (non-hydrogen) atoms. The van der Waals surface area contributed by atoms with Crippen molar-refractivity contribution in [1.29, 1.82) is 0 Å². The van der Waals surface area contributed by atoms with Gasteiger partial charge in [-0.1, -0.05) is 25.4 Å². The Bertz CT molecular complexity index is 1070. The van der Waals surface area contributed by atoms with Crippen LogP contribution in [0.3, 0.4) is 0 Å². The number of nitrogens with zero attached hydrogens (tertiary/aromatic N) is 3. The van der Waals surface area contributed by atoms with Gasteiger partial charge in [0.25, 0.3) is 0 Å². The van der Waals surface area contributed by atoms with E-state index in [0.29, 0.717) is 22.1 Å². The van der Waals surface area contributed by atoms with Crippen LogP contribution in [0.25, 0.3) is 22.4 Å². The van der Waals surface area contributed by atoms with Crippen molar-refractivity contribution in [2.24, 2.45) is 5.92 Å². The number of nitrogens with one attached hydrogen (secondary N) is 3. The zero-order chi connectivity index (χ0) is 24.1. The summed E-state index contributed by atoms with van der Waals surface area (Å²) in [5, 5.41) is 6.07. The number of fused-ring (bicyclic) bond motifs is 1. The number of hydrogen-bond donors (Lipinski definition) is 3. The lowest BCUT2D eigenvalue weighted by molar-refractivity contribution is -0.123. The van der Waals surface area contributed by atoms with Crippen LogP contribution in [0.15, 0.2) is 24.7 Å². The van der Waals surface area contributed by atoms with Gasteiger partial charge in [0, 0.05) is 23.3 Å². The second-order valence-corrected chi connectivity index (χ2v) is 7.90. The Hall–Kier alpha value is -2.79. The number of H-pyrrole nitrogens is 1. The van der Waals surface area contributed by atoms with Crippen LogP contribution < -0.4 is 10.6 Å². The second kappa shape index (κ2) is 10.2. The molecule has 1 unspecified atom stereocenters. The number of carbonyl (C=O) groups excluding carboxylic acids is 1. The second-order valence-electron chi connectivity index (χ2n) is 7.47. The van der Waals surface area contributed by atoms with Crippen LogP contribution >= 0.6 is 11.6 Å². The van der Waals surface area contributed by atoms with Crippen molar-refractivity contribution in [3.63, 3.8) is 0 Å². The Balaban J connectivity index is 0.000000451. The van der Waals surface area contributed by atoms with Gasteiger partial charge in [0.2, 0.25) is 0 Å². The molecule has 3 heterocycles. The Kier molecular flexibility index (Phi) is 8.13. The summed E-state index contributed by atoms with van der Waals surface area (Å²) in [7, 11) is 1.26. The molecule has 0 spiro atoms. The highest BCUT2D eigenvalue weighted by molar-refractivity contribution is 6.31. The molecule has 0 bridgehead atoms. The quantitative estimate of drug-likeness (QED) is 0.357. The number of carbonyl (C=O) groups is 1. The van der Waals surface area contributed by atoms with Crippen LogP contribution in [0.1, 0.15) is 20.8 Å². The predicted molar refractivity (Wildman–Crippen MR) is 115 cm³/mol. The zero-order valence-corrected chi connectivity index (χ0v) is 18.6. The number of anilines is 1. The van der Waals surface area contributed by atoms with Crippen LogP contribution in [0.4, 0.5) is 23.4 Å². The Morgan fingerprint density at radius 2 is 1.94 bits per heavy atom. The van der Waals surface area contributed by atoms with Gasteiger partial charge in [-0.05, 0) is 26.0 Å². The fourth-order valence-corrected chi connectivity index (χ4v) is 2.67. The number of halogens is 5. The summed E-state index contributed by atoms with van der Waals surface area (Å²) >= 11 is 6.00. The molecule has 3 N–H and O–H groups in total. The molecule has 0 radical (unpaired) electrons. The van der Waals surface area contributed by atoms with Crippen LogP contribution in [0.2, 0.25) is 5.02 Å². The minimum atomic E-state index is -4.06. The summed E-state index contributed by atoms with van der Waals surface area (Å²) in [5.74, 6) is -0.416. The Morgan fingerprint density at radius 1 is 1.25 bits per heavy atom. The van der Waals surface area contributed by atoms with Gasteiger partial charge in [-0.15, -0.1) is 0 Å². The van der Waals surface area contributed by atoms with Crippen molar-refractivity contribution in [1.82, 2.24) is 25.3 Å². The summed E-state index contributed by atoms with van der Waals surface area (Å²) in [5.41, 5.74) is 0.324. The molecule has 12 heteroatoms. The molecular formula is C20H23ClF4N6O. The number of aldehydes is 1. The van der Waals surface area contributed by atoms with Crippen LogP contribution in [0, 0.1) is 11.7 Å². The number of aromatic nitrogens is 4. The largest absolute Gasteiger partial charge is 0.401 e. The molecule has 3 aromatic rings. The van der Waals surface area contributed by atoms with E-state index in [1.54, 1.807) is 19.2 Å². The molecular weight excluding hydrogens is 452 g/mol. The molecule has 0 aliphatic carbocycles. The molecule has 0 fully saturated rings. The van der Waals surface area contributed by atoms with Crippen LogP contribution in [0.5, 0.6) is 0 Å². The van der Waals surface area contributed by atoms with Crippen molar-refractivity contribution in [2.75, 3.05) is 18.9 Å². The average molecular weight is 475 g/mol. The number of alkyl halides is 3. The molecule has 3 aromatic heterocycles. The average Bonchev–Trinajstić information content (AvgIpc) is 3.12. The lowest BCUT2D eigenvalue weighted by Crippen LogP contribution is -2.42. The van der Waals surface area contributed by atoms with Gasteiger partial charge in [-0.3, -0.25) is 0 Å². The molecule has 174 valence electrons. The summed E-state index contributed by atoms with van der Waals surface area (Å²) in [4.78, 5) is 27.0. The van der Waals surface area contributed by atoms with Gasteiger partial charge in [0.15, 0.2) is 17.5 Å². The normalized spacial score (nSPS) is 13.4. The van der Waals surface area contributed by atoms with E-state index in [9.17, 15) is 22.4 Å². The highest BCUT2D eigenvalue weighted by Crippen LogP contribution is 2.29. The molecule has 3 rings (SSSR count). The number of pyridine rings is 1. The van der Waals surface area contributed by atoms with Crippen molar-refractivity contribution in [3.05, 3.63) is 35.5 Å². The van der Waals surface area contributed by atoms with E-state index in [1.807, 2.05) is 19.2 Å². The summed E-state index contributed by atoms with van der Waals surface area (Å²) in [6.45, 7) is 4.53. The standard InChI is InChI=1S/C17H17ClFN5O.C3H6F3N/c1-9(2)17(3,8-25)24-16-13(19)7-22-15(23-16)12-6-21-14-11(12)4-10(18)5-20-14;1-7-2-3(4,5)6/h4-9H,1-3H3,(H,20,21)(H,22,23,24);7H,2H2,1H3. The van der Waals surface area contributed by atoms with Gasteiger partial charge in [-0.2, -0.15) is 13.2 Å². The Morgan fingerprint density at radius 3 is 2.47 bits per heavy atom. The molecule has 0 aliphatic heterocycles. The van der Waals surface area contributed by atoms with Gasteiger partial charge in [-0.25, -0.2) is 19.3 Å². The lowest BCUT2D eigenvalue weighted by Gasteiger charge is -2.29. The fraction of sp³-hybridized carbons (Fsp3) is 0.400. The molecule has 0 saturated carbocycles. The van der Waals surface area contributed by atoms with E-state index >= 15 is 0 Å². The van der Waals surface area contributed by atoms with Crippen LogP contribution in [-0.2, 0) is 4.79 Å². The van der Waals surface area contributed by atoms with Crippen molar-refractivity contribution >= 4 is 34.7 Å². The summed E-state index contributed by atoms with van der Waals surface area (Å²) in [6.07, 6.45) is 0.989. The third kappa shape index (κ3) is 6.36. The van der Waals surface area contributed by atoms with E-state index < -0.39 is 24.1 Å². The van der Waals surface area contributed by atoms with Crippen molar-refractivity contribution < 1.29 is 22.4 Å². The fourth-order valence-electron chi connectivity index (χ4n) is 2.51. The molecule has 7 nitrogen and oxygen atoms in total. The van der Waals surface area contributed by atoms with Gasteiger partial charge in [0.05, 0.1) is 23.3 Å². The first kappa shape index (κ1) is 25.5. The number of hydrogen-bond acceptors (Lipinski definition) is 6. The molecule has 0 aromatic carbocycles. The molecule has 0 aliphatic rings. The SMILES string of the molecule is CC(C)C(C)(C=O)Nc1nc(-c2c[nH]c3ncc(Cl)cc23)ncc1F.CNCC(F)(F)F. The first-order valence-electron chi connectivity index (χ1n) is 9.51.